The second-order valence-corrected chi connectivity index (χ2v) is 4.52. The fraction of sp³-hybridized carbons (Fsp3) is 0.357. The Morgan fingerprint density at radius 2 is 1.95 bits per heavy atom. The van der Waals surface area contributed by atoms with Crippen LogP contribution < -0.4 is 5.32 Å². The highest BCUT2D eigenvalue weighted by molar-refractivity contribution is 5.49. The largest absolute Gasteiger partial charge is 0.418 e. The van der Waals surface area contributed by atoms with E-state index in [-0.39, 0.29) is 5.69 Å². The van der Waals surface area contributed by atoms with Crippen LogP contribution in [0.5, 0.6) is 0 Å². The van der Waals surface area contributed by atoms with Crippen LogP contribution in [0.25, 0.3) is 5.69 Å². The van der Waals surface area contributed by atoms with Crippen LogP contribution in [-0.4, -0.2) is 16.1 Å². The monoisotopic (exact) mass is 283 g/mol. The summed E-state index contributed by atoms with van der Waals surface area (Å²) in [6.07, 6.45) is -1.92. The zero-order chi connectivity index (χ0) is 14.8. The Labute approximate surface area is 115 Å². The third-order valence-corrected chi connectivity index (χ3v) is 2.83. The standard InChI is InChI=1S/C14H16F3N3/c1-3-8-18-13-19-10(2)9-20(13)12-7-5-4-6-11(12)14(15,16)17/h4-7,9H,3,8H2,1-2H3,(H,18,19). The third kappa shape index (κ3) is 2.95. The van der Waals surface area contributed by atoms with Crippen molar-refractivity contribution in [2.24, 2.45) is 0 Å². The van der Waals surface area contributed by atoms with E-state index in [0.29, 0.717) is 18.2 Å². The Morgan fingerprint density at radius 1 is 1.25 bits per heavy atom. The van der Waals surface area contributed by atoms with Gasteiger partial charge < -0.3 is 5.32 Å². The van der Waals surface area contributed by atoms with Crippen LogP contribution in [0, 0.1) is 6.92 Å². The fourth-order valence-electron chi connectivity index (χ4n) is 1.97. The first-order valence-electron chi connectivity index (χ1n) is 6.40. The zero-order valence-electron chi connectivity index (χ0n) is 11.3. The van der Waals surface area contributed by atoms with Crippen LogP contribution in [0.15, 0.2) is 30.5 Å². The van der Waals surface area contributed by atoms with Crippen molar-refractivity contribution >= 4 is 5.95 Å². The Bertz CT molecular complexity index is 588. The average Bonchev–Trinajstić information content (AvgIpc) is 2.76. The molecule has 1 heterocycles. The van der Waals surface area contributed by atoms with Gasteiger partial charge in [0.05, 0.1) is 16.9 Å². The first kappa shape index (κ1) is 14.4. The first-order chi connectivity index (χ1) is 9.43. The number of hydrogen-bond acceptors (Lipinski definition) is 2. The van der Waals surface area contributed by atoms with Crippen molar-refractivity contribution in [2.75, 3.05) is 11.9 Å². The van der Waals surface area contributed by atoms with E-state index in [1.165, 1.54) is 16.7 Å². The molecule has 1 aromatic heterocycles. The number of imidazole rings is 1. The molecule has 0 saturated carbocycles. The SMILES string of the molecule is CCCNc1nc(C)cn1-c1ccccc1C(F)(F)F. The van der Waals surface area contributed by atoms with E-state index in [0.717, 1.165) is 12.5 Å². The molecule has 0 atom stereocenters. The number of nitrogens with zero attached hydrogens (tertiary/aromatic N) is 2. The van der Waals surface area contributed by atoms with Crippen LogP contribution in [0.4, 0.5) is 19.1 Å². The molecule has 2 aromatic rings. The van der Waals surface area contributed by atoms with Crippen molar-refractivity contribution in [3.05, 3.63) is 41.7 Å². The van der Waals surface area contributed by atoms with Gasteiger partial charge in [0, 0.05) is 12.7 Å². The van der Waals surface area contributed by atoms with E-state index in [2.05, 4.69) is 10.3 Å². The molecule has 0 bridgehead atoms. The molecule has 1 N–H and O–H groups in total. The number of para-hydroxylation sites is 1. The van der Waals surface area contributed by atoms with Gasteiger partial charge >= 0.3 is 6.18 Å². The minimum atomic E-state index is -4.39. The molecule has 0 fully saturated rings. The zero-order valence-corrected chi connectivity index (χ0v) is 11.3. The van der Waals surface area contributed by atoms with Crippen LogP contribution >= 0.6 is 0 Å². The minimum Gasteiger partial charge on any atom is -0.355 e. The molecule has 0 spiro atoms. The molecule has 2 rings (SSSR count). The summed E-state index contributed by atoms with van der Waals surface area (Å²) in [6.45, 7) is 4.39. The molecule has 1 aromatic carbocycles. The van der Waals surface area contributed by atoms with Crippen molar-refractivity contribution in [2.45, 2.75) is 26.4 Å². The number of aromatic nitrogens is 2. The number of nitrogens with one attached hydrogen (secondary N) is 1. The molecule has 0 radical (unpaired) electrons. The van der Waals surface area contributed by atoms with Gasteiger partial charge in [0.15, 0.2) is 0 Å². The molecule has 108 valence electrons. The van der Waals surface area contributed by atoms with E-state index >= 15 is 0 Å². The quantitative estimate of drug-likeness (QED) is 0.918. The Kier molecular flexibility index (Phi) is 4.01. The van der Waals surface area contributed by atoms with Gasteiger partial charge in [-0.25, -0.2) is 4.98 Å². The molecule has 0 unspecified atom stereocenters. The van der Waals surface area contributed by atoms with E-state index in [1.54, 1.807) is 19.2 Å². The molecule has 0 aliphatic carbocycles. The number of benzene rings is 1. The third-order valence-electron chi connectivity index (χ3n) is 2.83. The van der Waals surface area contributed by atoms with Crippen LogP contribution in [-0.2, 0) is 6.18 Å². The van der Waals surface area contributed by atoms with Crippen LogP contribution in [0.3, 0.4) is 0 Å². The first-order valence-corrected chi connectivity index (χ1v) is 6.40. The highest BCUT2D eigenvalue weighted by Gasteiger charge is 2.34. The summed E-state index contributed by atoms with van der Waals surface area (Å²) in [5, 5.41) is 3.05. The Hall–Kier alpha value is -1.98. The molecule has 0 aliphatic rings. The minimum absolute atomic E-state index is 0.0826. The van der Waals surface area contributed by atoms with Gasteiger partial charge in [-0.2, -0.15) is 13.2 Å². The van der Waals surface area contributed by atoms with Crippen molar-refractivity contribution in [3.63, 3.8) is 0 Å². The van der Waals surface area contributed by atoms with E-state index in [4.69, 9.17) is 0 Å². The summed E-state index contributed by atoms with van der Waals surface area (Å²) in [5.74, 6) is 0.432. The average molecular weight is 283 g/mol. The molecule has 0 amide bonds. The normalized spacial score (nSPS) is 11.7. The predicted molar refractivity (Wildman–Crippen MR) is 72.1 cm³/mol. The number of alkyl halides is 3. The Balaban J connectivity index is 2.52. The fourth-order valence-corrected chi connectivity index (χ4v) is 1.97. The smallest absolute Gasteiger partial charge is 0.355 e. The van der Waals surface area contributed by atoms with Crippen molar-refractivity contribution < 1.29 is 13.2 Å². The van der Waals surface area contributed by atoms with Crippen molar-refractivity contribution in [1.82, 2.24) is 9.55 Å². The van der Waals surface area contributed by atoms with Gasteiger partial charge in [-0.05, 0) is 25.5 Å². The number of halogens is 3. The van der Waals surface area contributed by atoms with Crippen molar-refractivity contribution in [1.29, 1.82) is 0 Å². The van der Waals surface area contributed by atoms with Gasteiger partial charge in [-0.3, -0.25) is 4.57 Å². The van der Waals surface area contributed by atoms with Gasteiger partial charge in [-0.1, -0.05) is 19.1 Å². The lowest BCUT2D eigenvalue weighted by molar-refractivity contribution is -0.137. The number of anilines is 1. The molecular formula is C14H16F3N3. The molecular weight excluding hydrogens is 267 g/mol. The topological polar surface area (TPSA) is 29.9 Å². The number of aryl methyl sites for hydroxylation is 1. The summed E-state index contributed by atoms with van der Waals surface area (Å²) in [4.78, 5) is 4.23. The maximum Gasteiger partial charge on any atom is 0.418 e. The molecule has 20 heavy (non-hydrogen) atoms. The lowest BCUT2D eigenvalue weighted by Gasteiger charge is -2.15. The lowest BCUT2D eigenvalue weighted by Crippen LogP contribution is -2.13. The highest BCUT2D eigenvalue weighted by Crippen LogP contribution is 2.34. The van der Waals surface area contributed by atoms with Crippen LogP contribution in [0.2, 0.25) is 0 Å². The van der Waals surface area contributed by atoms with Crippen LogP contribution in [0.1, 0.15) is 24.6 Å². The van der Waals surface area contributed by atoms with E-state index < -0.39 is 11.7 Å². The van der Waals surface area contributed by atoms with E-state index in [1.807, 2.05) is 6.92 Å². The second kappa shape index (κ2) is 5.56. The predicted octanol–water partition coefficient (Wildman–Crippen LogP) is 4.02. The molecule has 0 saturated heterocycles. The molecule has 6 heteroatoms. The highest BCUT2D eigenvalue weighted by atomic mass is 19.4. The summed E-state index contributed by atoms with van der Waals surface area (Å²) in [5.41, 5.74) is 0.0803. The number of rotatable bonds is 4. The molecule has 0 aliphatic heterocycles. The summed E-state index contributed by atoms with van der Waals surface area (Å²) in [6, 6.07) is 5.49. The lowest BCUT2D eigenvalue weighted by atomic mass is 10.1. The van der Waals surface area contributed by atoms with Gasteiger partial charge in [-0.15, -0.1) is 0 Å². The van der Waals surface area contributed by atoms with Crippen molar-refractivity contribution in [3.8, 4) is 5.69 Å². The maximum atomic E-state index is 13.1. The summed E-state index contributed by atoms with van der Waals surface area (Å²) < 4.78 is 40.7. The van der Waals surface area contributed by atoms with Gasteiger partial charge in [0.25, 0.3) is 0 Å². The Morgan fingerprint density at radius 3 is 2.60 bits per heavy atom. The summed E-state index contributed by atoms with van der Waals surface area (Å²) >= 11 is 0. The maximum absolute atomic E-state index is 13.1. The van der Waals surface area contributed by atoms with Gasteiger partial charge in [0.2, 0.25) is 5.95 Å². The van der Waals surface area contributed by atoms with E-state index in [9.17, 15) is 13.2 Å². The summed E-state index contributed by atoms with van der Waals surface area (Å²) in [7, 11) is 0. The second-order valence-electron chi connectivity index (χ2n) is 4.52. The number of hydrogen-bond donors (Lipinski definition) is 1. The van der Waals surface area contributed by atoms with Gasteiger partial charge in [0.1, 0.15) is 0 Å². The molecule has 3 nitrogen and oxygen atoms in total.